The fraction of sp³-hybridized carbons (Fsp3) is 1.00. The number of thioether (sulfide) groups is 1. The molecule has 110 valence electrons. The molecule has 19 heavy (non-hydrogen) atoms. The van der Waals surface area contributed by atoms with Crippen LogP contribution in [0.4, 0.5) is 0 Å². The molecule has 0 aliphatic carbocycles. The molecular weight excluding hydrogens is 252 g/mol. The van der Waals surface area contributed by atoms with E-state index in [1.165, 1.54) is 69.8 Å². The summed E-state index contributed by atoms with van der Waals surface area (Å²) in [5.41, 5.74) is 1.13. The average molecular weight is 282 g/mol. The van der Waals surface area contributed by atoms with Crippen molar-refractivity contribution in [3.63, 3.8) is 0 Å². The first-order valence-electron chi connectivity index (χ1n) is 8.14. The van der Waals surface area contributed by atoms with Crippen LogP contribution >= 0.6 is 11.8 Å². The largest absolute Gasteiger partial charge is 0.316 e. The molecule has 0 amide bonds. The molecular formula is C16H30N2S. The third-order valence-electron chi connectivity index (χ3n) is 5.76. The van der Waals surface area contributed by atoms with Crippen molar-refractivity contribution in [2.24, 2.45) is 10.8 Å². The summed E-state index contributed by atoms with van der Waals surface area (Å²) in [5.74, 6) is 2.72. The molecule has 0 radical (unpaired) electrons. The van der Waals surface area contributed by atoms with Crippen LogP contribution in [0.2, 0.25) is 0 Å². The Morgan fingerprint density at radius 2 is 2.00 bits per heavy atom. The zero-order chi connectivity index (χ0) is 13.3. The number of piperidine rings is 2. The highest BCUT2D eigenvalue weighted by Gasteiger charge is 2.43. The summed E-state index contributed by atoms with van der Waals surface area (Å²) < 4.78 is 0. The Balaban J connectivity index is 1.70. The van der Waals surface area contributed by atoms with Crippen LogP contribution < -0.4 is 5.32 Å². The first kappa shape index (κ1) is 14.2. The maximum Gasteiger partial charge on any atom is 0.0238 e. The first-order chi connectivity index (χ1) is 9.11. The second-order valence-corrected chi connectivity index (χ2v) is 8.83. The molecule has 3 heterocycles. The summed E-state index contributed by atoms with van der Waals surface area (Å²) in [7, 11) is 0. The van der Waals surface area contributed by atoms with E-state index in [1.54, 1.807) is 0 Å². The van der Waals surface area contributed by atoms with Gasteiger partial charge in [0.1, 0.15) is 0 Å². The van der Waals surface area contributed by atoms with Gasteiger partial charge in [-0.3, -0.25) is 4.90 Å². The van der Waals surface area contributed by atoms with E-state index in [4.69, 9.17) is 0 Å². The molecule has 0 aromatic carbocycles. The van der Waals surface area contributed by atoms with Gasteiger partial charge in [0.25, 0.3) is 0 Å². The summed E-state index contributed by atoms with van der Waals surface area (Å²) in [4.78, 5) is 2.86. The lowest BCUT2D eigenvalue weighted by Gasteiger charge is -2.52. The van der Waals surface area contributed by atoms with E-state index in [2.05, 4.69) is 35.8 Å². The minimum atomic E-state index is 0.520. The van der Waals surface area contributed by atoms with E-state index in [-0.39, 0.29) is 0 Å². The van der Waals surface area contributed by atoms with Crippen molar-refractivity contribution in [1.82, 2.24) is 10.2 Å². The molecule has 0 aromatic heterocycles. The van der Waals surface area contributed by atoms with E-state index in [1.807, 2.05) is 0 Å². The highest BCUT2D eigenvalue weighted by Crippen LogP contribution is 2.42. The lowest BCUT2D eigenvalue weighted by atomic mass is 9.72. The van der Waals surface area contributed by atoms with Crippen molar-refractivity contribution in [3.8, 4) is 0 Å². The van der Waals surface area contributed by atoms with Crippen LogP contribution in [0.25, 0.3) is 0 Å². The summed E-state index contributed by atoms with van der Waals surface area (Å²) >= 11 is 2.18. The fourth-order valence-electron chi connectivity index (χ4n) is 4.41. The van der Waals surface area contributed by atoms with E-state index in [0.717, 1.165) is 6.04 Å². The molecule has 1 N–H and O–H groups in total. The van der Waals surface area contributed by atoms with E-state index in [0.29, 0.717) is 10.8 Å². The lowest BCUT2D eigenvalue weighted by Crippen LogP contribution is -2.58. The van der Waals surface area contributed by atoms with E-state index in [9.17, 15) is 0 Å². The van der Waals surface area contributed by atoms with Gasteiger partial charge in [-0.05, 0) is 61.8 Å². The van der Waals surface area contributed by atoms with Crippen molar-refractivity contribution < 1.29 is 0 Å². The fourth-order valence-corrected chi connectivity index (χ4v) is 6.14. The molecule has 3 fully saturated rings. The number of nitrogens with zero attached hydrogens (tertiary/aromatic N) is 1. The summed E-state index contributed by atoms with van der Waals surface area (Å²) in [6, 6.07) is 0.811. The number of likely N-dealkylation sites (tertiary alicyclic amines) is 1. The second-order valence-electron chi connectivity index (χ2n) is 7.68. The van der Waals surface area contributed by atoms with E-state index >= 15 is 0 Å². The van der Waals surface area contributed by atoms with Gasteiger partial charge in [0.15, 0.2) is 0 Å². The Bertz CT molecular complexity index is 304. The lowest BCUT2D eigenvalue weighted by molar-refractivity contribution is 0.00448. The van der Waals surface area contributed by atoms with Gasteiger partial charge in [-0.1, -0.05) is 13.8 Å². The maximum atomic E-state index is 3.66. The maximum absolute atomic E-state index is 3.66. The predicted molar refractivity (Wildman–Crippen MR) is 84.9 cm³/mol. The smallest absolute Gasteiger partial charge is 0.0238 e. The van der Waals surface area contributed by atoms with Crippen molar-refractivity contribution >= 4 is 11.8 Å². The van der Waals surface area contributed by atoms with E-state index < -0.39 is 0 Å². The Morgan fingerprint density at radius 3 is 2.74 bits per heavy atom. The van der Waals surface area contributed by atoms with Crippen molar-refractivity contribution in [3.05, 3.63) is 0 Å². The zero-order valence-corrected chi connectivity index (χ0v) is 13.5. The Labute approximate surface area is 123 Å². The van der Waals surface area contributed by atoms with Gasteiger partial charge in [0.2, 0.25) is 0 Å². The highest BCUT2D eigenvalue weighted by molar-refractivity contribution is 7.99. The number of hydrogen-bond donors (Lipinski definition) is 1. The third kappa shape index (κ3) is 2.98. The molecule has 3 heteroatoms. The first-order valence-corrected chi connectivity index (χ1v) is 9.29. The van der Waals surface area contributed by atoms with Gasteiger partial charge in [0, 0.05) is 24.9 Å². The zero-order valence-electron chi connectivity index (χ0n) is 12.7. The van der Waals surface area contributed by atoms with Gasteiger partial charge < -0.3 is 5.32 Å². The normalized spacial score (nSPS) is 40.4. The molecule has 0 aromatic rings. The number of nitrogens with one attached hydrogen (secondary N) is 1. The summed E-state index contributed by atoms with van der Waals surface area (Å²) in [6.07, 6.45) is 7.10. The van der Waals surface area contributed by atoms with Gasteiger partial charge in [-0.25, -0.2) is 0 Å². The molecule has 2 unspecified atom stereocenters. The van der Waals surface area contributed by atoms with Gasteiger partial charge in [0.05, 0.1) is 0 Å². The minimum Gasteiger partial charge on any atom is -0.316 e. The number of rotatable bonds is 1. The monoisotopic (exact) mass is 282 g/mol. The molecule has 0 saturated carbocycles. The van der Waals surface area contributed by atoms with Crippen LogP contribution in [0.5, 0.6) is 0 Å². The molecule has 3 aliphatic rings. The Hall–Kier alpha value is 0.270. The van der Waals surface area contributed by atoms with Gasteiger partial charge >= 0.3 is 0 Å². The Morgan fingerprint density at radius 1 is 1.16 bits per heavy atom. The summed E-state index contributed by atoms with van der Waals surface area (Å²) in [6.45, 7) is 10.2. The van der Waals surface area contributed by atoms with Crippen LogP contribution in [0.3, 0.4) is 0 Å². The highest BCUT2D eigenvalue weighted by atomic mass is 32.2. The van der Waals surface area contributed by atoms with Crippen LogP contribution in [0.15, 0.2) is 0 Å². The van der Waals surface area contributed by atoms with Gasteiger partial charge in [-0.2, -0.15) is 11.8 Å². The molecule has 3 rings (SSSR count). The van der Waals surface area contributed by atoms with Crippen LogP contribution in [0.1, 0.15) is 46.0 Å². The second kappa shape index (κ2) is 5.57. The van der Waals surface area contributed by atoms with Crippen molar-refractivity contribution in [2.45, 2.75) is 52.0 Å². The topological polar surface area (TPSA) is 15.3 Å². The third-order valence-corrected chi connectivity index (χ3v) is 6.81. The average Bonchev–Trinajstić information content (AvgIpc) is 2.39. The molecule has 2 atom stereocenters. The van der Waals surface area contributed by atoms with Crippen molar-refractivity contribution in [1.29, 1.82) is 0 Å². The predicted octanol–water partition coefficient (Wildman–Crippen LogP) is 2.98. The quantitative estimate of drug-likeness (QED) is 0.796. The Kier molecular flexibility index (Phi) is 4.17. The molecule has 1 spiro atoms. The number of hydrogen-bond acceptors (Lipinski definition) is 3. The standard InChI is InChI=1S/C16H30N2S/c1-15(2)7-10-19-11-14(15)18-9-4-6-16(13-18)5-3-8-17-12-16/h14,17H,3-13H2,1-2H3. The van der Waals surface area contributed by atoms with Crippen LogP contribution in [-0.2, 0) is 0 Å². The molecule has 0 bridgehead atoms. The molecule has 3 saturated heterocycles. The van der Waals surface area contributed by atoms with Crippen LogP contribution in [-0.4, -0.2) is 48.6 Å². The summed E-state index contributed by atoms with van der Waals surface area (Å²) in [5, 5.41) is 3.66. The molecule has 3 aliphatic heterocycles. The van der Waals surface area contributed by atoms with Crippen LogP contribution in [0, 0.1) is 10.8 Å². The minimum absolute atomic E-state index is 0.520. The van der Waals surface area contributed by atoms with Crippen molar-refractivity contribution in [2.75, 3.05) is 37.7 Å². The SMILES string of the molecule is CC1(C)CCSCC1N1CCCC2(CCCNC2)C1. The van der Waals surface area contributed by atoms with Gasteiger partial charge in [-0.15, -0.1) is 0 Å². The molecule has 2 nitrogen and oxygen atoms in total.